The van der Waals surface area contributed by atoms with Gasteiger partial charge in [0.15, 0.2) is 0 Å². The lowest BCUT2D eigenvalue weighted by Gasteiger charge is -2.08. The quantitative estimate of drug-likeness (QED) is 0.834. The van der Waals surface area contributed by atoms with Crippen molar-refractivity contribution in [3.05, 3.63) is 47.0 Å². The lowest BCUT2D eigenvalue weighted by molar-refractivity contribution is 0.614. The molecule has 0 atom stereocenters. The lowest BCUT2D eigenvalue weighted by atomic mass is 10.1. The number of aromatic nitrogens is 2. The van der Waals surface area contributed by atoms with Crippen molar-refractivity contribution < 1.29 is 0 Å². The van der Waals surface area contributed by atoms with Crippen molar-refractivity contribution in [2.75, 3.05) is 0 Å². The zero-order valence-corrected chi connectivity index (χ0v) is 11.1. The van der Waals surface area contributed by atoms with Crippen LogP contribution in [0.25, 0.3) is 5.69 Å². The summed E-state index contributed by atoms with van der Waals surface area (Å²) in [7, 11) is 0. The lowest BCUT2D eigenvalue weighted by Crippen LogP contribution is -2.04. The summed E-state index contributed by atoms with van der Waals surface area (Å²) in [5, 5.41) is 0. The summed E-state index contributed by atoms with van der Waals surface area (Å²) < 4.78 is 3.04. The van der Waals surface area contributed by atoms with Gasteiger partial charge in [-0.1, -0.05) is 32.0 Å². The minimum atomic E-state index is 0.608. The fourth-order valence-corrected chi connectivity index (χ4v) is 2.12. The van der Waals surface area contributed by atoms with Gasteiger partial charge < -0.3 is 4.57 Å². The van der Waals surface area contributed by atoms with Crippen molar-refractivity contribution in [1.82, 2.24) is 9.55 Å². The Balaban J connectivity index is 2.40. The average molecular weight is 279 g/mol. The largest absolute Gasteiger partial charge is 0.303 e. The summed E-state index contributed by atoms with van der Waals surface area (Å²) in [6, 6.07) is 10.3. The molecule has 0 unspecified atom stereocenters. The standard InChI is InChI=1S/C13H15BrN2/c1-10(2)8-13-15-12(14)9-16(13)11-6-4-3-5-7-11/h3-7,9-10H,8H2,1-2H3. The third-order valence-corrected chi connectivity index (χ3v) is 2.76. The van der Waals surface area contributed by atoms with Crippen LogP contribution in [-0.4, -0.2) is 9.55 Å². The van der Waals surface area contributed by atoms with Crippen LogP contribution in [0.2, 0.25) is 0 Å². The number of para-hydroxylation sites is 1. The highest BCUT2D eigenvalue weighted by Crippen LogP contribution is 2.18. The topological polar surface area (TPSA) is 17.8 Å². The first-order chi connectivity index (χ1) is 7.66. The highest BCUT2D eigenvalue weighted by atomic mass is 79.9. The summed E-state index contributed by atoms with van der Waals surface area (Å²) in [5.41, 5.74) is 1.16. The molecule has 16 heavy (non-hydrogen) atoms. The highest BCUT2D eigenvalue weighted by molar-refractivity contribution is 9.10. The molecule has 84 valence electrons. The molecular weight excluding hydrogens is 264 g/mol. The van der Waals surface area contributed by atoms with Gasteiger partial charge in [0.2, 0.25) is 0 Å². The summed E-state index contributed by atoms with van der Waals surface area (Å²) in [6.07, 6.45) is 3.01. The van der Waals surface area contributed by atoms with Crippen LogP contribution in [0.15, 0.2) is 41.1 Å². The minimum absolute atomic E-state index is 0.608. The molecule has 0 aliphatic heterocycles. The average Bonchev–Trinajstić information content (AvgIpc) is 2.60. The van der Waals surface area contributed by atoms with E-state index in [0.717, 1.165) is 22.5 Å². The van der Waals surface area contributed by atoms with E-state index in [1.54, 1.807) is 0 Å². The van der Waals surface area contributed by atoms with Crippen LogP contribution >= 0.6 is 15.9 Å². The molecular formula is C13H15BrN2. The Bertz CT molecular complexity index is 460. The highest BCUT2D eigenvalue weighted by Gasteiger charge is 2.09. The molecule has 0 aliphatic rings. The van der Waals surface area contributed by atoms with E-state index in [9.17, 15) is 0 Å². The summed E-state index contributed by atoms with van der Waals surface area (Å²) in [6.45, 7) is 4.41. The van der Waals surface area contributed by atoms with E-state index in [2.05, 4.69) is 51.5 Å². The van der Waals surface area contributed by atoms with Crippen LogP contribution in [0.1, 0.15) is 19.7 Å². The van der Waals surface area contributed by atoms with Gasteiger partial charge in [-0.15, -0.1) is 0 Å². The van der Waals surface area contributed by atoms with Crippen molar-refractivity contribution in [2.24, 2.45) is 5.92 Å². The molecule has 0 spiro atoms. The third-order valence-electron chi connectivity index (χ3n) is 2.37. The van der Waals surface area contributed by atoms with Crippen LogP contribution < -0.4 is 0 Å². The van der Waals surface area contributed by atoms with Crippen molar-refractivity contribution in [2.45, 2.75) is 20.3 Å². The van der Waals surface area contributed by atoms with E-state index in [1.807, 2.05) is 24.4 Å². The first-order valence-corrected chi connectivity index (χ1v) is 6.25. The van der Waals surface area contributed by atoms with Gasteiger partial charge in [0.05, 0.1) is 0 Å². The van der Waals surface area contributed by atoms with Gasteiger partial charge in [0.1, 0.15) is 10.4 Å². The van der Waals surface area contributed by atoms with E-state index in [1.165, 1.54) is 0 Å². The molecule has 0 aliphatic carbocycles. The Morgan fingerprint density at radius 1 is 1.25 bits per heavy atom. The molecule has 1 heterocycles. The van der Waals surface area contributed by atoms with Crippen LogP contribution in [0.5, 0.6) is 0 Å². The molecule has 0 N–H and O–H groups in total. The number of nitrogens with zero attached hydrogens (tertiary/aromatic N) is 2. The molecule has 0 saturated carbocycles. The molecule has 1 aromatic carbocycles. The van der Waals surface area contributed by atoms with E-state index < -0.39 is 0 Å². The zero-order valence-electron chi connectivity index (χ0n) is 9.52. The fraction of sp³-hybridized carbons (Fsp3) is 0.308. The van der Waals surface area contributed by atoms with Crippen molar-refractivity contribution in [3.63, 3.8) is 0 Å². The number of benzene rings is 1. The van der Waals surface area contributed by atoms with Crippen molar-refractivity contribution >= 4 is 15.9 Å². The Labute approximate surface area is 104 Å². The SMILES string of the molecule is CC(C)Cc1nc(Br)cn1-c1ccccc1. The molecule has 0 bridgehead atoms. The number of hydrogen-bond donors (Lipinski definition) is 0. The minimum Gasteiger partial charge on any atom is -0.303 e. The Morgan fingerprint density at radius 2 is 1.94 bits per heavy atom. The Morgan fingerprint density at radius 3 is 2.56 bits per heavy atom. The third kappa shape index (κ3) is 2.53. The van der Waals surface area contributed by atoms with Gasteiger partial charge in [0.25, 0.3) is 0 Å². The molecule has 1 aromatic heterocycles. The second-order valence-corrected chi connectivity index (χ2v) is 5.10. The number of hydrogen-bond acceptors (Lipinski definition) is 1. The van der Waals surface area contributed by atoms with Gasteiger partial charge >= 0.3 is 0 Å². The van der Waals surface area contributed by atoms with Crippen LogP contribution in [-0.2, 0) is 6.42 Å². The molecule has 2 rings (SSSR count). The van der Waals surface area contributed by atoms with Gasteiger partial charge in [-0.3, -0.25) is 0 Å². The first kappa shape index (κ1) is 11.4. The Kier molecular flexibility index (Phi) is 3.44. The second kappa shape index (κ2) is 4.83. The molecule has 0 fully saturated rings. The number of imidazole rings is 1. The summed E-state index contributed by atoms with van der Waals surface area (Å²) >= 11 is 3.44. The van der Waals surface area contributed by atoms with Crippen molar-refractivity contribution in [3.8, 4) is 5.69 Å². The number of halogens is 1. The summed E-state index contributed by atoms with van der Waals surface area (Å²) in [4.78, 5) is 4.51. The van der Waals surface area contributed by atoms with Gasteiger partial charge in [-0.05, 0) is 34.0 Å². The van der Waals surface area contributed by atoms with Crippen LogP contribution in [0.3, 0.4) is 0 Å². The summed E-state index contributed by atoms with van der Waals surface area (Å²) in [5.74, 6) is 1.71. The zero-order chi connectivity index (χ0) is 11.5. The van der Waals surface area contributed by atoms with Gasteiger partial charge in [-0.2, -0.15) is 0 Å². The van der Waals surface area contributed by atoms with E-state index in [-0.39, 0.29) is 0 Å². The van der Waals surface area contributed by atoms with E-state index >= 15 is 0 Å². The molecule has 2 aromatic rings. The second-order valence-electron chi connectivity index (χ2n) is 4.28. The van der Waals surface area contributed by atoms with E-state index in [0.29, 0.717) is 5.92 Å². The van der Waals surface area contributed by atoms with Crippen LogP contribution in [0.4, 0.5) is 0 Å². The molecule has 0 amide bonds. The van der Waals surface area contributed by atoms with E-state index in [4.69, 9.17) is 0 Å². The van der Waals surface area contributed by atoms with Gasteiger partial charge in [0, 0.05) is 18.3 Å². The number of rotatable bonds is 3. The molecule has 0 radical (unpaired) electrons. The van der Waals surface area contributed by atoms with Crippen LogP contribution in [0, 0.1) is 5.92 Å². The first-order valence-electron chi connectivity index (χ1n) is 5.46. The fourth-order valence-electron chi connectivity index (χ4n) is 1.71. The maximum Gasteiger partial charge on any atom is 0.124 e. The molecule has 2 nitrogen and oxygen atoms in total. The Hall–Kier alpha value is -1.09. The predicted octanol–water partition coefficient (Wildman–Crippen LogP) is 3.83. The normalized spacial score (nSPS) is 11.0. The maximum atomic E-state index is 4.51. The smallest absolute Gasteiger partial charge is 0.124 e. The monoisotopic (exact) mass is 278 g/mol. The maximum absolute atomic E-state index is 4.51. The predicted molar refractivity (Wildman–Crippen MR) is 69.8 cm³/mol. The van der Waals surface area contributed by atoms with Gasteiger partial charge in [-0.25, -0.2) is 4.98 Å². The van der Waals surface area contributed by atoms with Crippen molar-refractivity contribution in [1.29, 1.82) is 0 Å². The molecule has 3 heteroatoms. The molecule has 0 saturated heterocycles.